The van der Waals surface area contributed by atoms with Crippen LogP contribution in [0.2, 0.25) is 0 Å². The Kier molecular flexibility index (Phi) is 12.4. The highest BCUT2D eigenvalue weighted by atomic mass is 31.2. The third kappa shape index (κ3) is 11.3. The Morgan fingerprint density at radius 2 is 1.47 bits per heavy atom. The molecule has 246 valence electrons. The third-order valence-electron chi connectivity index (χ3n) is 7.09. The lowest BCUT2D eigenvalue weighted by Crippen LogP contribution is -2.29. The van der Waals surface area contributed by atoms with Crippen LogP contribution in [-0.4, -0.2) is 42.4 Å². The Labute approximate surface area is 267 Å². The summed E-state index contributed by atoms with van der Waals surface area (Å²) < 4.78 is 40.7. The second-order valence-electron chi connectivity index (χ2n) is 13.3. The van der Waals surface area contributed by atoms with Crippen molar-refractivity contribution in [3.8, 4) is 11.5 Å². The zero-order valence-electron chi connectivity index (χ0n) is 27.6. The zero-order valence-corrected chi connectivity index (χ0v) is 28.5. The fourth-order valence-corrected chi connectivity index (χ4v) is 5.26. The van der Waals surface area contributed by atoms with Crippen LogP contribution in [0.1, 0.15) is 74.9 Å². The average molecular weight is 643 g/mol. The number of phenolic OH excluding ortho intramolecular Hbond substituents is 1. The van der Waals surface area contributed by atoms with Crippen LogP contribution in [-0.2, 0) is 40.7 Å². The Balaban J connectivity index is 1.71. The number of phenols is 1. The molecule has 0 spiro atoms. The van der Waals surface area contributed by atoms with Crippen LogP contribution in [0.3, 0.4) is 0 Å². The van der Waals surface area contributed by atoms with Crippen LogP contribution in [0.15, 0.2) is 60.7 Å². The number of benzene rings is 3. The molecular formula is C35H47O9P. The average Bonchev–Trinajstić information content (AvgIpc) is 2.95. The van der Waals surface area contributed by atoms with Crippen molar-refractivity contribution in [2.45, 2.75) is 74.5 Å². The van der Waals surface area contributed by atoms with Gasteiger partial charge in [-0.25, -0.2) is 0 Å². The molecule has 3 rings (SSSR count). The summed E-state index contributed by atoms with van der Waals surface area (Å²) in [6.45, 7) is 13.2. The molecule has 0 fully saturated rings. The van der Waals surface area contributed by atoms with Gasteiger partial charge in [0.25, 0.3) is 0 Å². The van der Waals surface area contributed by atoms with Gasteiger partial charge in [0.1, 0.15) is 11.5 Å². The highest BCUT2D eigenvalue weighted by Gasteiger charge is 2.31. The van der Waals surface area contributed by atoms with Crippen LogP contribution in [0.4, 0.5) is 0 Å². The van der Waals surface area contributed by atoms with Gasteiger partial charge in [0.05, 0.1) is 5.41 Å². The molecule has 45 heavy (non-hydrogen) atoms. The van der Waals surface area contributed by atoms with Crippen molar-refractivity contribution in [3.63, 3.8) is 0 Å². The van der Waals surface area contributed by atoms with E-state index >= 15 is 0 Å². The summed E-state index contributed by atoms with van der Waals surface area (Å²) >= 11 is 0. The molecule has 0 amide bonds. The molecule has 0 aromatic heterocycles. The molecule has 2 N–H and O–H groups in total. The van der Waals surface area contributed by atoms with E-state index in [1.165, 1.54) is 0 Å². The molecule has 3 aromatic rings. The van der Waals surface area contributed by atoms with Crippen molar-refractivity contribution in [2.24, 2.45) is 10.8 Å². The second kappa shape index (κ2) is 15.4. The first kappa shape index (κ1) is 36.3. The van der Waals surface area contributed by atoms with Gasteiger partial charge in [-0.15, -0.1) is 0 Å². The fraction of sp³-hybridized carbons (Fsp3) is 0.457. The summed E-state index contributed by atoms with van der Waals surface area (Å²) in [6.07, 6.45) is -0.373. The Morgan fingerprint density at radius 3 is 2.07 bits per heavy atom. The molecule has 0 aliphatic rings. The van der Waals surface area contributed by atoms with Gasteiger partial charge < -0.3 is 24.4 Å². The van der Waals surface area contributed by atoms with Gasteiger partial charge >= 0.3 is 13.6 Å². The highest BCUT2D eigenvalue weighted by Crippen LogP contribution is 2.48. The lowest BCUT2D eigenvalue weighted by Gasteiger charge is -2.26. The topological polar surface area (TPSA) is 121 Å². The number of aromatic hydroxyl groups is 1. The number of hydrogen-bond acceptors (Lipinski definition) is 9. The van der Waals surface area contributed by atoms with Crippen molar-refractivity contribution >= 4 is 13.6 Å². The number of hydrogen-bond donors (Lipinski definition) is 2. The van der Waals surface area contributed by atoms with Crippen molar-refractivity contribution in [1.29, 1.82) is 0 Å². The Morgan fingerprint density at radius 1 is 0.844 bits per heavy atom. The quantitative estimate of drug-likeness (QED) is 0.104. The van der Waals surface area contributed by atoms with Crippen molar-refractivity contribution < 1.29 is 42.8 Å². The van der Waals surface area contributed by atoms with E-state index in [4.69, 9.17) is 23.3 Å². The molecule has 2 unspecified atom stereocenters. The van der Waals surface area contributed by atoms with E-state index in [2.05, 4.69) is 0 Å². The van der Waals surface area contributed by atoms with Crippen LogP contribution in [0, 0.1) is 24.7 Å². The third-order valence-corrected chi connectivity index (χ3v) is 8.53. The van der Waals surface area contributed by atoms with Crippen molar-refractivity contribution in [1.82, 2.24) is 0 Å². The predicted octanol–water partition coefficient (Wildman–Crippen LogP) is 7.64. The normalized spacial score (nSPS) is 14.1. The summed E-state index contributed by atoms with van der Waals surface area (Å²) in [7, 11) is -4.00. The predicted molar refractivity (Wildman–Crippen MR) is 173 cm³/mol. The maximum atomic E-state index is 13.6. The molecule has 9 nitrogen and oxygen atoms in total. The van der Waals surface area contributed by atoms with Gasteiger partial charge in [0, 0.05) is 11.8 Å². The number of aryl methyl sites for hydroxylation is 2. The summed E-state index contributed by atoms with van der Waals surface area (Å²) in [5, 5.41) is 20.6. The second-order valence-corrected chi connectivity index (χ2v) is 15.3. The minimum Gasteiger partial charge on any atom is -0.508 e. The summed E-state index contributed by atoms with van der Waals surface area (Å²) in [4.78, 5) is 12.2. The lowest BCUT2D eigenvalue weighted by molar-refractivity contribution is -0.193. The molecule has 2 atom stereocenters. The summed E-state index contributed by atoms with van der Waals surface area (Å²) in [5.74, 6) is 0.191. The number of aliphatic hydroxyl groups is 1. The van der Waals surface area contributed by atoms with Crippen molar-refractivity contribution in [2.75, 3.05) is 19.9 Å². The van der Waals surface area contributed by atoms with E-state index in [-0.39, 0.29) is 5.75 Å². The lowest BCUT2D eigenvalue weighted by atomic mass is 9.93. The Bertz CT molecular complexity index is 1450. The van der Waals surface area contributed by atoms with Gasteiger partial charge in [-0.05, 0) is 92.6 Å². The van der Waals surface area contributed by atoms with Crippen LogP contribution in [0.5, 0.6) is 11.5 Å². The number of aliphatic hydroxyl groups excluding tert-OH is 1. The minimum absolute atomic E-state index is 0.264. The van der Waals surface area contributed by atoms with E-state index in [1.807, 2.05) is 68.4 Å². The maximum Gasteiger partial charge on any atom is 0.372 e. The SMILES string of the molecule is Cc1cc(OCP(=O)(OCOC(=O)C(C)(C)C)OCOC(O)C(C)(C)C)cc(C)c1Cc1ccc(O)c(Cc2ccccc2)c1. The number of esters is 1. The van der Waals surface area contributed by atoms with Gasteiger partial charge in [-0.1, -0.05) is 63.2 Å². The highest BCUT2D eigenvalue weighted by molar-refractivity contribution is 7.53. The molecule has 0 aliphatic heterocycles. The van der Waals surface area contributed by atoms with E-state index in [9.17, 15) is 19.6 Å². The van der Waals surface area contributed by atoms with E-state index in [1.54, 1.807) is 47.6 Å². The first-order valence-electron chi connectivity index (χ1n) is 14.9. The molecule has 0 bridgehead atoms. The van der Waals surface area contributed by atoms with Crippen LogP contribution < -0.4 is 4.74 Å². The number of ether oxygens (including phenoxy) is 3. The molecule has 0 saturated carbocycles. The molecular weight excluding hydrogens is 595 g/mol. The maximum absolute atomic E-state index is 13.6. The Hall–Kier alpha value is -3.20. The monoisotopic (exact) mass is 642 g/mol. The van der Waals surface area contributed by atoms with Gasteiger partial charge in [-0.2, -0.15) is 0 Å². The fourth-order valence-electron chi connectivity index (χ4n) is 4.29. The smallest absolute Gasteiger partial charge is 0.372 e. The van der Waals surface area contributed by atoms with Crippen LogP contribution in [0.25, 0.3) is 0 Å². The van der Waals surface area contributed by atoms with Gasteiger partial charge in [0.2, 0.25) is 6.79 Å². The number of carbonyl (C=O) groups excluding carboxylic acids is 1. The standard InChI is InChI=1S/C35H47O9P/c1-24-16-29(17-25(2)30(24)20-27-14-15-31(36)28(19-27)18-26-12-10-9-11-13-26)42-23-45(39,43-21-40-32(37)34(3,4)5)44-22-41-33(38)35(6,7)8/h9-17,19,32,36-37H,18,20-23H2,1-8H3. The van der Waals surface area contributed by atoms with Crippen molar-refractivity contribution in [3.05, 3.63) is 94.0 Å². The molecule has 0 aliphatic carbocycles. The molecule has 10 heteroatoms. The number of carbonyl (C=O) groups is 1. The molecule has 0 saturated heterocycles. The van der Waals surface area contributed by atoms with Gasteiger partial charge in [-0.3, -0.25) is 18.4 Å². The minimum atomic E-state index is -4.00. The zero-order chi connectivity index (χ0) is 33.4. The molecule has 0 radical (unpaired) electrons. The largest absolute Gasteiger partial charge is 0.508 e. The van der Waals surface area contributed by atoms with E-state index in [0.717, 1.165) is 33.4 Å². The van der Waals surface area contributed by atoms with Crippen LogP contribution >= 0.6 is 7.60 Å². The summed E-state index contributed by atoms with van der Waals surface area (Å²) in [6, 6.07) is 19.4. The number of rotatable bonds is 14. The van der Waals surface area contributed by atoms with E-state index < -0.39 is 50.6 Å². The first-order valence-corrected chi connectivity index (χ1v) is 16.6. The summed E-state index contributed by atoms with van der Waals surface area (Å²) in [5.41, 5.74) is 4.72. The van der Waals surface area contributed by atoms with E-state index in [0.29, 0.717) is 18.6 Å². The van der Waals surface area contributed by atoms with Gasteiger partial charge in [0.15, 0.2) is 19.4 Å². The molecule has 3 aromatic carbocycles. The molecule has 0 heterocycles. The first-order chi connectivity index (χ1) is 21.0.